The van der Waals surface area contributed by atoms with Crippen LogP contribution in [0.3, 0.4) is 0 Å². The van der Waals surface area contributed by atoms with Crippen molar-refractivity contribution in [2.24, 2.45) is 0 Å². The average Bonchev–Trinajstić information content (AvgIpc) is 1.98. The molecule has 4 nitrogen and oxygen atoms in total. The maximum absolute atomic E-state index is 10.0. The highest BCUT2D eigenvalue weighted by Crippen LogP contribution is 2.02. The van der Waals surface area contributed by atoms with Crippen molar-refractivity contribution in [2.75, 3.05) is 40.3 Å². The summed E-state index contributed by atoms with van der Waals surface area (Å²) in [4.78, 5) is 2.00. The zero-order chi connectivity index (χ0) is 12.8. The van der Waals surface area contributed by atoms with E-state index in [0.717, 1.165) is 13.1 Å². The predicted molar refractivity (Wildman–Crippen MR) is 69.8 cm³/mol. The Morgan fingerprint density at radius 1 is 1.06 bits per heavy atom. The predicted octanol–water partition coefficient (Wildman–Crippen LogP) is 0.277. The van der Waals surface area contributed by atoms with Gasteiger partial charge in [-0.2, -0.15) is 0 Å². The molecule has 4 heteroatoms. The van der Waals surface area contributed by atoms with E-state index in [0.29, 0.717) is 13.1 Å². The van der Waals surface area contributed by atoms with Crippen LogP contribution in [-0.2, 0) is 0 Å². The van der Waals surface area contributed by atoms with Crippen molar-refractivity contribution < 1.29 is 5.11 Å². The molecule has 0 rings (SSSR count). The standard InChI is InChI=1S/C12H29N3O/c1-11(2,3)14-8-7-13-9-12(4,16)10-15(5)6/h13-14,16H,7-10H2,1-6H3. The quantitative estimate of drug-likeness (QED) is 0.551. The van der Waals surface area contributed by atoms with Crippen LogP contribution in [0, 0.1) is 0 Å². The molecule has 0 aliphatic rings. The Bertz CT molecular complexity index is 185. The second-order valence-corrected chi connectivity index (χ2v) is 6.09. The number of hydrogen-bond donors (Lipinski definition) is 3. The Balaban J connectivity index is 3.58. The number of nitrogens with one attached hydrogen (secondary N) is 2. The van der Waals surface area contributed by atoms with Gasteiger partial charge in [-0.3, -0.25) is 0 Å². The molecule has 0 bridgehead atoms. The summed E-state index contributed by atoms with van der Waals surface area (Å²) in [6.45, 7) is 11.4. The molecule has 0 saturated carbocycles. The van der Waals surface area contributed by atoms with Gasteiger partial charge in [0.05, 0.1) is 5.60 Å². The highest BCUT2D eigenvalue weighted by Gasteiger charge is 2.20. The van der Waals surface area contributed by atoms with Gasteiger partial charge in [-0.1, -0.05) is 0 Å². The summed E-state index contributed by atoms with van der Waals surface area (Å²) in [7, 11) is 3.94. The summed E-state index contributed by atoms with van der Waals surface area (Å²) in [5, 5.41) is 16.7. The van der Waals surface area contributed by atoms with E-state index in [1.807, 2.05) is 25.9 Å². The smallest absolute Gasteiger partial charge is 0.0869 e. The first kappa shape index (κ1) is 15.8. The van der Waals surface area contributed by atoms with Crippen molar-refractivity contribution in [2.45, 2.75) is 38.8 Å². The lowest BCUT2D eigenvalue weighted by atomic mass is 10.1. The van der Waals surface area contributed by atoms with Gasteiger partial charge in [-0.05, 0) is 41.8 Å². The monoisotopic (exact) mass is 231 g/mol. The van der Waals surface area contributed by atoms with Gasteiger partial charge in [-0.25, -0.2) is 0 Å². The molecule has 0 saturated heterocycles. The van der Waals surface area contributed by atoms with Crippen LogP contribution in [0.25, 0.3) is 0 Å². The van der Waals surface area contributed by atoms with Gasteiger partial charge in [0.2, 0.25) is 0 Å². The average molecular weight is 231 g/mol. The molecule has 16 heavy (non-hydrogen) atoms. The molecule has 1 atom stereocenters. The molecule has 0 aromatic carbocycles. The number of rotatable bonds is 7. The molecule has 0 aromatic heterocycles. The van der Waals surface area contributed by atoms with E-state index >= 15 is 0 Å². The SMILES string of the molecule is CN(C)CC(C)(O)CNCCNC(C)(C)C. The zero-order valence-corrected chi connectivity index (χ0v) is 11.7. The molecule has 0 heterocycles. The van der Waals surface area contributed by atoms with E-state index in [1.165, 1.54) is 0 Å². The zero-order valence-electron chi connectivity index (χ0n) is 11.7. The summed E-state index contributed by atoms with van der Waals surface area (Å²) in [5.74, 6) is 0. The summed E-state index contributed by atoms with van der Waals surface area (Å²) in [5.41, 5.74) is -0.501. The molecule has 0 radical (unpaired) electrons. The fourth-order valence-corrected chi connectivity index (χ4v) is 1.62. The number of nitrogens with zero attached hydrogens (tertiary/aromatic N) is 1. The second-order valence-electron chi connectivity index (χ2n) is 6.09. The minimum Gasteiger partial charge on any atom is -0.388 e. The van der Waals surface area contributed by atoms with Gasteiger partial charge in [0, 0.05) is 31.7 Å². The third-order valence-corrected chi connectivity index (χ3v) is 2.12. The van der Waals surface area contributed by atoms with E-state index in [9.17, 15) is 5.11 Å². The first-order valence-corrected chi connectivity index (χ1v) is 5.95. The molecule has 1 unspecified atom stereocenters. The van der Waals surface area contributed by atoms with Gasteiger partial charge in [-0.15, -0.1) is 0 Å². The Kier molecular flexibility index (Phi) is 6.48. The first-order chi connectivity index (χ1) is 7.12. The molecular weight excluding hydrogens is 202 g/mol. The van der Waals surface area contributed by atoms with Crippen LogP contribution < -0.4 is 10.6 Å². The van der Waals surface area contributed by atoms with Gasteiger partial charge < -0.3 is 20.6 Å². The lowest BCUT2D eigenvalue weighted by Crippen LogP contribution is -2.47. The minimum absolute atomic E-state index is 0.161. The maximum atomic E-state index is 10.0. The molecule has 0 amide bonds. The topological polar surface area (TPSA) is 47.5 Å². The van der Waals surface area contributed by atoms with Crippen LogP contribution in [0.15, 0.2) is 0 Å². The Hall–Kier alpha value is -0.160. The van der Waals surface area contributed by atoms with E-state index in [-0.39, 0.29) is 5.54 Å². The van der Waals surface area contributed by atoms with Crippen LogP contribution in [0.4, 0.5) is 0 Å². The normalized spacial score (nSPS) is 16.5. The minimum atomic E-state index is -0.661. The molecular formula is C12H29N3O. The third kappa shape index (κ3) is 10.4. The van der Waals surface area contributed by atoms with Crippen molar-refractivity contribution in [3.8, 4) is 0 Å². The van der Waals surface area contributed by atoms with Crippen LogP contribution in [0.5, 0.6) is 0 Å². The number of hydrogen-bond acceptors (Lipinski definition) is 4. The summed E-state index contributed by atoms with van der Waals surface area (Å²) < 4.78 is 0. The molecule has 0 aliphatic heterocycles. The lowest BCUT2D eigenvalue weighted by Gasteiger charge is -2.27. The molecule has 3 N–H and O–H groups in total. The largest absolute Gasteiger partial charge is 0.388 e. The fraction of sp³-hybridized carbons (Fsp3) is 1.00. The lowest BCUT2D eigenvalue weighted by molar-refractivity contribution is 0.0340. The number of aliphatic hydroxyl groups is 1. The van der Waals surface area contributed by atoms with E-state index < -0.39 is 5.60 Å². The Morgan fingerprint density at radius 3 is 2.06 bits per heavy atom. The van der Waals surface area contributed by atoms with Gasteiger partial charge in [0.25, 0.3) is 0 Å². The van der Waals surface area contributed by atoms with Gasteiger partial charge in [0.15, 0.2) is 0 Å². The highest BCUT2D eigenvalue weighted by atomic mass is 16.3. The second kappa shape index (κ2) is 6.55. The third-order valence-electron chi connectivity index (χ3n) is 2.12. The van der Waals surface area contributed by atoms with Crippen LogP contribution >= 0.6 is 0 Å². The van der Waals surface area contributed by atoms with Crippen molar-refractivity contribution in [3.63, 3.8) is 0 Å². The summed E-state index contributed by atoms with van der Waals surface area (Å²) >= 11 is 0. The molecule has 0 aromatic rings. The van der Waals surface area contributed by atoms with Crippen LogP contribution in [-0.4, -0.2) is 61.4 Å². The summed E-state index contributed by atoms with van der Waals surface area (Å²) in [6.07, 6.45) is 0. The number of likely N-dealkylation sites (N-methyl/N-ethyl adjacent to an activating group) is 1. The van der Waals surface area contributed by atoms with Crippen molar-refractivity contribution in [1.82, 2.24) is 15.5 Å². The molecule has 0 fully saturated rings. The molecule has 0 aliphatic carbocycles. The van der Waals surface area contributed by atoms with Gasteiger partial charge in [0.1, 0.15) is 0 Å². The Labute approximate surface area is 100 Å². The van der Waals surface area contributed by atoms with Crippen molar-refractivity contribution >= 4 is 0 Å². The first-order valence-electron chi connectivity index (χ1n) is 5.95. The van der Waals surface area contributed by atoms with Crippen LogP contribution in [0.1, 0.15) is 27.7 Å². The van der Waals surface area contributed by atoms with E-state index in [1.54, 1.807) is 0 Å². The van der Waals surface area contributed by atoms with Crippen molar-refractivity contribution in [3.05, 3.63) is 0 Å². The fourth-order valence-electron chi connectivity index (χ4n) is 1.62. The van der Waals surface area contributed by atoms with E-state index in [2.05, 4.69) is 31.4 Å². The van der Waals surface area contributed by atoms with Gasteiger partial charge >= 0.3 is 0 Å². The molecule has 0 spiro atoms. The van der Waals surface area contributed by atoms with E-state index in [4.69, 9.17) is 0 Å². The molecule has 98 valence electrons. The highest BCUT2D eigenvalue weighted by molar-refractivity contribution is 4.78. The summed E-state index contributed by atoms with van der Waals surface area (Å²) in [6, 6.07) is 0. The van der Waals surface area contributed by atoms with Crippen LogP contribution in [0.2, 0.25) is 0 Å². The Morgan fingerprint density at radius 2 is 1.62 bits per heavy atom. The maximum Gasteiger partial charge on any atom is 0.0869 e. The van der Waals surface area contributed by atoms with Crippen molar-refractivity contribution in [1.29, 1.82) is 0 Å².